The van der Waals surface area contributed by atoms with Gasteiger partial charge in [-0.3, -0.25) is 9.69 Å². The molecule has 0 amide bonds. The standard InChI is InChI=1S/C16H21NO2S/c1-17-7-9-20-11-14(17)15(18)10-12-6-8-19-16-5-3-2-4-13(12)16/h2-5,12,14H,6-11H2,1H3. The number of fused-ring (bicyclic) bond motifs is 1. The molecule has 108 valence electrons. The van der Waals surface area contributed by atoms with Gasteiger partial charge in [0.15, 0.2) is 5.78 Å². The van der Waals surface area contributed by atoms with Gasteiger partial charge in [0.2, 0.25) is 0 Å². The Hall–Kier alpha value is -1.00. The van der Waals surface area contributed by atoms with E-state index in [2.05, 4.69) is 18.0 Å². The van der Waals surface area contributed by atoms with E-state index in [1.165, 1.54) is 5.56 Å². The molecule has 0 aromatic heterocycles. The third-order valence-electron chi connectivity index (χ3n) is 4.30. The van der Waals surface area contributed by atoms with Crippen molar-refractivity contribution in [2.45, 2.75) is 24.8 Å². The maximum Gasteiger partial charge on any atom is 0.151 e. The van der Waals surface area contributed by atoms with Crippen LogP contribution < -0.4 is 4.74 Å². The van der Waals surface area contributed by atoms with Gasteiger partial charge in [0, 0.05) is 24.5 Å². The zero-order valence-corrected chi connectivity index (χ0v) is 12.7. The van der Waals surface area contributed by atoms with E-state index in [-0.39, 0.29) is 6.04 Å². The Morgan fingerprint density at radius 3 is 3.15 bits per heavy atom. The summed E-state index contributed by atoms with van der Waals surface area (Å²) in [6.07, 6.45) is 1.60. The third-order valence-corrected chi connectivity index (χ3v) is 5.32. The predicted octanol–water partition coefficient (Wildman–Crippen LogP) is 2.56. The maximum absolute atomic E-state index is 12.6. The maximum atomic E-state index is 12.6. The summed E-state index contributed by atoms with van der Waals surface area (Å²) in [6.45, 7) is 1.75. The van der Waals surface area contributed by atoms with E-state index in [0.29, 0.717) is 18.1 Å². The van der Waals surface area contributed by atoms with Gasteiger partial charge < -0.3 is 4.74 Å². The predicted molar refractivity (Wildman–Crippen MR) is 82.7 cm³/mol. The second-order valence-electron chi connectivity index (χ2n) is 5.61. The zero-order valence-electron chi connectivity index (χ0n) is 11.9. The van der Waals surface area contributed by atoms with Crippen molar-refractivity contribution in [1.29, 1.82) is 0 Å². The lowest BCUT2D eigenvalue weighted by Gasteiger charge is -2.33. The van der Waals surface area contributed by atoms with Gasteiger partial charge in [-0.1, -0.05) is 18.2 Å². The summed E-state index contributed by atoms with van der Waals surface area (Å²) in [5.41, 5.74) is 1.21. The Balaban J connectivity index is 1.70. The molecule has 0 aliphatic carbocycles. The van der Waals surface area contributed by atoms with Crippen LogP contribution in [0.25, 0.3) is 0 Å². The minimum atomic E-state index is 0.101. The van der Waals surface area contributed by atoms with E-state index in [0.717, 1.165) is 36.8 Å². The number of Topliss-reactive ketones (excluding diaryl/α,β-unsaturated/α-hetero) is 1. The zero-order chi connectivity index (χ0) is 13.9. The number of para-hydroxylation sites is 1. The van der Waals surface area contributed by atoms with E-state index in [4.69, 9.17) is 4.74 Å². The largest absolute Gasteiger partial charge is 0.493 e. The van der Waals surface area contributed by atoms with E-state index >= 15 is 0 Å². The van der Waals surface area contributed by atoms with Gasteiger partial charge in [-0.15, -0.1) is 0 Å². The van der Waals surface area contributed by atoms with Gasteiger partial charge in [0.05, 0.1) is 12.6 Å². The first kappa shape index (κ1) is 14.0. The van der Waals surface area contributed by atoms with Gasteiger partial charge >= 0.3 is 0 Å². The van der Waals surface area contributed by atoms with Crippen LogP contribution in [0, 0.1) is 0 Å². The number of carbonyl (C=O) groups is 1. The first-order chi connectivity index (χ1) is 9.75. The molecule has 1 aromatic carbocycles. The number of likely N-dealkylation sites (N-methyl/N-ethyl adjacent to an activating group) is 1. The molecule has 1 fully saturated rings. The van der Waals surface area contributed by atoms with Gasteiger partial charge in [-0.05, 0) is 31.0 Å². The molecule has 4 heteroatoms. The molecule has 0 bridgehead atoms. The smallest absolute Gasteiger partial charge is 0.151 e. The molecule has 3 nitrogen and oxygen atoms in total. The highest BCUT2D eigenvalue weighted by Gasteiger charge is 2.30. The average molecular weight is 291 g/mol. The minimum absolute atomic E-state index is 0.101. The molecule has 0 radical (unpaired) electrons. The minimum Gasteiger partial charge on any atom is -0.493 e. The second kappa shape index (κ2) is 6.19. The van der Waals surface area contributed by atoms with Crippen molar-refractivity contribution in [3.8, 4) is 5.75 Å². The summed E-state index contributed by atoms with van der Waals surface area (Å²) >= 11 is 1.90. The molecule has 0 saturated carbocycles. The molecule has 2 aliphatic rings. The fraction of sp³-hybridized carbons (Fsp3) is 0.562. The number of hydrogen-bond acceptors (Lipinski definition) is 4. The molecular weight excluding hydrogens is 270 g/mol. The number of nitrogens with zero attached hydrogens (tertiary/aromatic N) is 1. The number of hydrogen-bond donors (Lipinski definition) is 0. The lowest BCUT2D eigenvalue weighted by molar-refractivity contribution is -0.123. The van der Waals surface area contributed by atoms with Gasteiger partial charge in [0.1, 0.15) is 5.75 Å². The number of benzene rings is 1. The lowest BCUT2D eigenvalue weighted by Crippen LogP contribution is -2.45. The monoisotopic (exact) mass is 291 g/mol. The fourth-order valence-electron chi connectivity index (χ4n) is 3.03. The van der Waals surface area contributed by atoms with Crippen LogP contribution in [0.5, 0.6) is 5.75 Å². The van der Waals surface area contributed by atoms with E-state index in [9.17, 15) is 4.79 Å². The molecule has 1 aromatic rings. The summed E-state index contributed by atoms with van der Waals surface area (Å²) in [4.78, 5) is 14.8. The van der Waals surface area contributed by atoms with Crippen LogP contribution in [-0.4, -0.2) is 48.4 Å². The van der Waals surface area contributed by atoms with Crippen molar-refractivity contribution in [2.75, 3.05) is 31.7 Å². The molecule has 2 unspecified atom stereocenters. The van der Waals surface area contributed by atoms with Crippen LogP contribution in [0.2, 0.25) is 0 Å². The summed E-state index contributed by atoms with van der Waals surface area (Å²) in [5.74, 6) is 3.76. The van der Waals surface area contributed by atoms with Crippen molar-refractivity contribution in [2.24, 2.45) is 0 Å². The SMILES string of the molecule is CN1CCSCC1C(=O)CC1CCOc2ccccc21. The molecule has 2 aliphatic heterocycles. The molecule has 0 spiro atoms. The Labute approximate surface area is 124 Å². The molecular formula is C16H21NO2S. The Morgan fingerprint density at radius 1 is 1.45 bits per heavy atom. The third kappa shape index (κ3) is 2.86. The summed E-state index contributed by atoms with van der Waals surface area (Å²) in [5, 5.41) is 0. The normalized spacial score (nSPS) is 26.6. The number of carbonyl (C=O) groups excluding carboxylic acids is 1. The molecule has 1 saturated heterocycles. The highest BCUT2D eigenvalue weighted by atomic mass is 32.2. The van der Waals surface area contributed by atoms with Crippen LogP contribution >= 0.6 is 11.8 Å². The van der Waals surface area contributed by atoms with Crippen LogP contribution in [0.15, 0.2) is 24.3 Å². The topological polar surface area (TPSA) is 29.5 Å². The van der Waals surface area contributed by atoms with E-state index in [1.807, 2.05) is 30.0 Å². The highest BCUT2D eigenvalue weighted by molar-refractivity contribution is 7.99. The molecule has 2 heterocycles. The molecule has 0 N–H and O–H groups in total. The number of ether oxygens (including phenoxy) is 1. The number of thioether (sulfide) groups is 1. The Kier molecular flexibility index (Phi) is 4.32. The van der Waals surface area contributed by atoms with Gasteiger partial charge in [0.25, 0.3) is 0 Å². The van der Waals surface area contributed by atoms with Crippen molar-refractivity contribution >= 4 is 17.5 Å². The second-order valence-corrected chi connectivity index (χ2v) is 6.76. The first-order valence-electron chi connectivity index (χ1n) is 7.28. The average Bonchev–Trinajstić information content (AvgIpc) is 2.48. The molecule has 2 atom stereocenters. The van der Waals surface area contributed by atoms with Crippen molar-refractivity contribution in [3.05, 3.63) is 29.8 Å². The Bertz CT molecular complexity index is 491. The van der Waals surface area contributed by atoms with Crippen LogP contribution in [0.4, 0.5) is 0 Å². The van der Waals surface area contributed by atoms with Crippen molar-refractivity contribution in [1.82, 2.24) is 4.90 Å². The van der Waals surface area contributed by atoms with Crippen LogP contribution in [0.1, 0.15) is 24.3 Å². The van der Waals surface area contributed by atoms with Crippen LogP contribution in [-0.2, 0) is 4.79 Å². The summed E-state index contributed by atoms with van der Waals surface area (Å²) in [6, 6.07) is 8.24. The van der Waals surface area contributed by atoms with Gasteiger partial charge in [-0.2, -0.15) is 11.8 Å². The highest BCUT2D eigenvalue weighted by Crippen LogP contribution is 2.36. The summed E-state index contributed by atoms with van der Waals surface area (Å²) < 4.78 is 5.68. The van der Waals surface area contributed by atoms with Crippen LogP contribution in [0.3, 0.4) is 0 Å². The van der Waals surface area contributed by atoms with E-state index < -0.39 is 0 Å². The van der Waals surface area contributed by atoms with E-state index in [1.54, 1.807) is 0 Å². The fourth-order valence-corrected chi connectivity index (χ4v) is 4.28. The molecule has 3 rings (SSSR count). The molecule has 20 heavy (non-hydrogen) atoms. The Morgan fingerprint density at radius 2 is 2.30 bits per heavy atom. The van der Waals surface area contributed by atoms with Crippen molar-refractivity contribution < 1.29 is 9.53 Å². The number of rotatable bonds is 3. The lowest BCUT2D eigenvalue weighted by atomic mass is 9.87. The van der Waals surface area contributed by atoms with Gasteiger partial charge in [-0.25, -0.2) is 0 Å². The first-order valence-corrected chi connectivity index (χ1v) is 8.43. The number of ketones is 1. The summed E-state index contributed by atoms with van der Waals surface area (Å²) in [7, 11) is 2.07. The quantitative estimate of drug-likeness (QED) is 0.856. The van der Waals surface area contributed by atoms with Crippen molar-refractivity contribution in [3.63, 3.8) is 0 Å².